The predicted octanol–water partition coefficient (Wildman–Crippen LogP) is 7.47. The number of carbonyl (C=O) groups is 2. The van der Waals surface area contributed by atoms with Crippen molar-refractivity contribution in [3.05, 3.63) is 105 Å². The van der Waals surface area contributed by atoms with Crippen LogP contribution in [0.5, 0.6) is 17.2 Å². The highest BCUT2D eigenvalue weighted by atomic mass is 35.5. The number of ether oxygens (including phenoxy) is 3. The van der Waals surface area contributed by atoms with Gasteiger partial charge in [-0.05, 0) is 43.7 Å². The van der Waals surface area contributed by atoms with Crippen molar-refractivity contribution in [1.29, 1.82) is 0 Å². The molecule has 2 aromatic heterocycles. The summed E-state index contributed by atoms with van der Waals surface area (Å²) in [6, 6.07) is 19.1. The van der Waals surface area contributed by atoms with E-state index in [1.54, 1.807) is 37.3 Å². The lowest BCUT2D eigenvalue weighted by Gasteiger charge is -2.10. The molecule has 8 nitrogen and oxygen atoms in total. The van der Waals surface area contributed by atoms with E-state index < -0.39 is 11.9 Å². The molecule has 0 atom stereocenters. The smallest absolute Gasteiger partial charge is 0.341 e. The Morgan fingerprint density at radius 3 is 2.56 bits per heavy atom. The summed E-state index contributed by atoms with van der Waals surface area (Å²) in [7, 11) is 0. The number of rotatable bonds is 9. The van der Waals surface area contributed by atoms with Crippen LogP contribution in [0.15, 0.2) is 87.6 Å². The summed E-state index contributed by atoms with van der Waals surface area (Å²) in [6.45, 7) is 3.56. The number of esters is 1. The highest BCUT2D eigenvalue weighted by molar-refractivity contribution is 7.15. The van der Waals surface area contributed by atoms with E-state index in [0.717, 1.165) is 11.1 Å². The summed E-state index contributed by atoms with van der Waals surface area (Å²) in [5.74, 6) is -0.375. The molecule has 0 saturated heterocycles. The van der Waals surface area contributed by atoms with Crippen molar-refractivity contribution in [2.24, 2.45) is 0 Å². The van der Waals surface area contributed by atoms with E-state index in [2.05, 4.69) is 5.32 Å². The van der Waals surface area contributed by atoms with E-state index in [0.29, 0.717) is 27.1 Å². The molecule has 2 heterocycles. The van der Waals surface area contributed by atoms with Crippen LogP contribution in [0.3, 0.4) is 0 Å². The molecule has 5 aromatic rings. The normalized spacial score (nSPS) is 10.8. The molecule has 1 amide bonds. The lowest BCUT2D eigenvalue weighted by molar-refractivity contribution is -0.118. The van der Waals surface area contributed by atoms with E-state index in [4.69, 9.17) is 30.2 Å². The fourth-order valence-corrected chi connectivity index (χ4v) is 5.16. The van der Waals surface area contributed by atoms with Gasteiger partial charge in [-0.2, -0.15) is 0 Å². The third-order valence-corrected chi connectivity index (χ3v) is 7.23. The first-order valence-electron chi connectivity index (χ1n) is 12.6. The van der Waals surface area contributed by atoms with Crippen molar-refractivity contribution in [2.45, 2.75) is 13.8 Å². The molecule has 0 unspecified atom stereocenters. The molecule has 0 fully saturated rings. The molecular formula is C31H24ClNO7S. The van der Waals surface area contributed by atoms with E-state index in [1.807, 2.05) is 36.6 Å². The highest BCUT2D eigenvalue weighted by Crippen LogP contribution is 2.36. The summed E-state index contributed by atoms with van der Waals surface area (Å²) in [5, 5.41) is 5.56. The number of para-hydroxylation sites is 1. The average Bonchev–Trinajstić information content (AvgIpc) is 3.38. The standard InChI is InChI=1S/C31H24ClNO7S/c1-3-37-31(36)28-22(19-10-8-18(2)9-11-19)17-41-30(28)33-27(34)16-38-20-12-13-21-25(14-20)39-15-26(29(21)35)40-24-7-5-4-6-23(24)32/h4-15,17H,3,16H2,1-2H3,(H,33,34). The fraction of sp³-hybridized carbons (Fsp3) is 0.129. The lowest BCUT2D eigenvalue weighted by Crippen LogP contribution is -2.21. The van der Waals surface area contributed by atoms with Crippen molar-refractivity contribution in [1.82, 2.24) is 0 Å². The molecule has 10 heteroatoms. The topological polar surface area (TPSA) is 104 Å². The Balaban J connectivity index is 1.29. The molecule has 5 rings (SSSR count). The van der Waals surface area contributed by atoms with Crippen LogP contribution in [0.1, 0.15) is 22.8 Å². The molecule has 0 bridgehead atoms. The number of anilines is 1. The minimum Gasteiger partial charge on any atom is -0.484 e. The fourth-order valence-electron chi connectivity index (χ4n) is 4.01. The zero-order valence-corrected chi connectivity index (χ0v) is 23.6. The number of hydrogen-bond donors (Lipinski definition) is 1. The summed E-state index contributed by atoms with van der Waals surface area (Å²) in [5.41, 5.74) is 2.76. The average molecular weight is 590 g/mol. The molecule has 208 valence electrons. The van der Waals surface area contributed by atoms with E-state index in [-0.39, 0.29) is 40.9 Å². The Morgan fingerprint density at radius 1 is 1.02 bits per heavy atom. The van der Waals surface area contributed by atoms with Crippen molar-refractivity contribution < 1.29 is 28.2 Å². The van der Waals surface area contributed by atoms with Gasteiger partial charge in [0.05, 0.1) is 17.0 Å². The lowest BCUT2D eigenvalue weighted by atomic mass is 10.0. The number of fused-ring (bicyclic) bond motifs is 1. The van der Waals surface area contributed by atoms with Gasteiger partial charge in [0.25, 0.3) is 5.91 Å². The van der Waals surface area contributed by atoms with Crippen LogP contribution >= 0.6 is 22.9 Å². The maximum atomic E-state index is 12.9. The monoisotopic (exact) mass is 589 g/mol. The number of benzene rings is 3. The highest BCUT2D eigenvalue weighted by Gasteiger charge is 2.23. The van der Waals surface area contributed by atoms with Gasteiger partial charge in [-0.15, -0.1) is 11.3 Å². The van der Waals surface area contributed by atoms with E-state index in [1.165, 1.54) is 29.7 Å². The molecule has 0 spiro atoms. The maximum absolute atomic E-state index is 12.9. The first kappa shape index (κ1) is 27.9. The van der Waals surface area contributed by atoms with Gasteiger partial charge in [-0.1, -0.05) is 53.6 Å². The number of thiophene rings is 1. The van der Waals surface area contributed by atoms with Crippen LogP contribution in [0.2, 0.25) is 5.02 Å². The zero-order chi connectivity index (χ0) is 28.9. The number of carbonyl (C=O) groups excluding carboxylic acids is 2. The van der Waals surface area contributed by atoms with Crippen LogP contribution < -0.4 is 20.2 Å². The van der Waals surface area contributed by atoms with Gasteiger partial charge in [0.15, 0.2) is 6.61 Å². The number of aryl methyl sites for hydroxylation is 1. The largest absolute Gasteiger partial charge is 0.484 e. The first-order valence-corrected chi connectivity index (χ1v) is 13.9. The molecule has 41 heavy (non-hydrogen) atoms. The quantitative estimate of drug-likeness (QED) is 0.178. The van der Waals surface area contributed by atoms with Crippen LogP contribution in [-0.4, -0.2) is 25.1 Å². The second kappa shape index (κ2) is 12.3. The molecule has 0 aliphatic heterocycles. The Kier molecular flexibility index (Phi) is 8.37. The van der Waals surface area contributed by atoms with Crippen LogP contribution in [-0.2, 0) is 9.53 Å². The van der Waals surface area contributed by atoms with E-state index >= 15 is 0 Å². The Morgan fingerprint density at radius 2 is 1.80 bits per heavy atom. The van der Waals surface area contributed by atoms with Gasteiger partial charge in [-0.25, -0.2) is 4.79 Å². The van der Waals surface area contributed by atoms with Crippen LogP contribution in [0, 0.1) is 6.92 Å². The number of hydrogen-bond acceptors (Lipinski definition) is 8. The van der Waals surface area contributed by atoms with Crippen molar-refractivity contribution in [3.63, 3.8) is 0 Å². The molecule has 3 aromatic carbocycles. The molecule has 0 radical (unpaired) electrons. The Labute approximate surface area is 244 Å². The number of amides is 1. The van der Waals surface area contributed by atoms with Gasteiger partial charge in [0.2, 0.25) is 11.2 Å². The minimum atomic E-state index is -0.525. The van der Waals surface area contributed by atoms with Gasteiger partial charge < -0.3 is 23.9 Å². The number of nitrogens with one attached hydrogen (secondary N) is 1. The summed E-state index contributed by atoms with van der Waals surface area (Å²) >= 11 is 7.35. The van der Waals surface area contributed by atoms with Crippen LogP contribution in [0.25, 0.3) is 22.1 Å². The van der Waals surface area contributed by atoms with Crippen molar-refractivity contribution >= 4 is 50.8 Å². The van der Waals surface area contributed by atoms with Gasteiger partial charge in [-0.3, -0.25) is 9.59 Å². The summed E-state index contributed by atoms with van der Waals surface area (Å²) in [6.07, 6.45) is 1.20. The third kappa shape index (κ3) is 6.26. The zero-order valence-electron chi connectivity index (χ0n) is 22.1. The third-order valence-electron chi connectivity index (χ3n) is 6.03. The van der Waals surface area contributed by atoms with Gasteiger partial charge in [0.1, 0.15) is 33.9 Å². The van der Waals surface area contributed by atoms with Crippen molar-refractivity contribution in [2.75, 3.05) is 18.5 Å². The van der Waals surface area contributed by atoms with Gasteiger partial charge in [0, 0.05) is 17.0 Å². The maximum Gasteiger partial charge on any atom is 0.341 e. The van der Waals surface area contributed by atoms with Crippen LogP contribution in [0.4, 0.5) is 5.00 Å². The molecular weight excluding hydrogens is 566 g/mol. The Bertz CT molecular complexity index is 1790. The number of halogens is 1. The minimum absolute atomic E-state index is 0.0167. The second-order valence-electron chi connectivity index (χ2n) is 8.90. The molecule has 0 aliphatic rings. The second-order valence-corrected chi connectivity index (χ2v) is 10.2. The first-order chi connectivity index (χ1) is 19.8. The summed E-state index contributed by atoms with van der Waals surface area (Å²) < 4.78 is 22.1. The predicted molar refractivity (Wildman–Crippen MR) is 159 cm³/mol. The van der Waals surface area contributed by atoms with Crippen molar-refractivity contribution in [3.8, 4) is 28.4 Å². The molecule has 1 N–H and O–H groups in total. The SMILES string of the molecule is CCOC(=O)c1c(-c2ccc(C)cc2)csc1NC(=O)COc1ccc2c(=O)c(Oc3ccccc3Cl)coc2c1. The summed E-state index contributed by atoms with van der Waals surface area (Å²) in [4.78, 5) is 38.5. The molecule has 0 aliphatic carbocycles. The van der Waals surface area contributed by atoms with E-state index in [9.17, 15) is 14.4 Å². The molecule has 0 saturated carbocycles. The Hall–Kier alpha value is -4.60. The van der Waals surface area contributed by atoms with Gasteiger partial charge >= 0.3 is 5.97 Å².